The molecule has 0 bridgehead atoms. The van der Waals surface area contributed by atoms with Gasteiger partial charge in [-0.2, -0.15) is 5.10 Å². The van der Waals surface area contributed by atoms with Crippen LogP contribution in [0, 0.1) is 6.92 Å². The summed E-state index contributed by atoms with van der Waals surface area (Å²) in [5, 5.41) is 11.8. The standard InChI is InChI=1S/C18H23N7O3/c1-11-6-15(23-28-11)18(26)19-4-5-25-17-14(7-22-25)16(20-10-21-17)24-8-12(2)27-13(3)9-24/h6-7,10,12-13H,4-5,8-9H2,1-3H3,(H,19,26). The number of ether oxygens (including phenoxy) is 1. The first kappa shape index (κ1) is 18.4. The highest BCUT2D eigenvalue weighted by molar-refractivity contribution is 5.92. The number of carbonyl (C=O) groups is 1. The number of aryl methyl sites for hydroxylation is 1. The van der Waals surface area contributed by atoms with Crippen LogP contribution in [-0.2, 0) is 11.3 Å². The molecule has 3 aromatic heterocycles. The summed E-state index contributed by atoms with van der Waals surface area (Å²) in [5.74, 6) is 1.18. The number of amides is 1. The molecule has 28 heavy (non-hydrogen) atoms. The molecule has 0 spiro atoms. The van der Waals surface area contributed by atoms with Crippen LogP contribution < -0.4 is 10.2 Å². The van der Waals surface area contributed by atoms with E-state index < -0.39 is 0 Å². The minimum Gasteiger partial charge on any atom is -0.372 e. The van der Waals surface area contributed by atoms with Gasteiger partial charge < -0.3 is 19.5 Å². The Bertz CT molecular complexity index is 973. The fraction of sp³-hybridized carbons (Fsp3) is 0.500. The SMILES string of the molecule is Cc1cc(C(=O)NCCn2ncc3c(N4CC(C)OC(C)C4)ncnc32)no1. The van der Waals surface area contributed by atoms with E-state index in [1.807, 2.05) is 0 Å². The molecule has 2 atom stereocenters. The Balaban J connectivity index is 1.46. The maximum atomic E-state index is 12.1. The summed E-state index contributed by atoms with van der Waals surface area (Å²) < 4.78 is 12.5. The Hall–Kier alpha value is -3.01. The van der Waals surface area contributed by atoms with Crippen LogP contribution in [-0.4, -0.2) is 62.7 Å². The molecule has 1 saturated heterocycles. The predicted octanol–water partition coefficient (Wildman–Crippen LogP) is 1.17. The van der Waals surface area contributed by atoms with Gasteiger partial charge in [0.25, 0.3) is 5.91 Å². The van der Waals surface area contributed by atoms with Gasteiger partial charge in [-0.1, -0.05) is 5.16 Å². The van der Waals surface area contributed by atoms with Crippen molar-refractivity contribution in [2.45, 2.75) is 39.5 Å². The Morgan fingerprint density at radius 2 is 2.07 bits per heavy atom. The van der Waals surface area contributed by atoms with E-state index in [1.54, 1.807) is 30.2 Å². The van der Waals surface area contributed by atoms with E-state index in [0.29, 0.717) is 18.8 Å². The zero-order chi connectivity index (χ0) is 19.7. The van der Waals surface area contributed by atoms with E-state index in [1.165, 1.54) is 0 Å². The fourth-order valence-corrected chi connectivity index (χ4v) is 3.49. The predicted molar refractivity (Wildman–Crippen MR) is 101 cm³/mol. The smallest absolute Gasteiger partial charge is 0.273 e. The van der Waals surface area contributed by atoms with Gasteiger partial charge in [-0.3, -0.25) is 4.79 Å². The molecule has 3 aromatic rings. The van der Waals surface area contributed by atoms with Crippen molar-refractivity contribution >= 4 is 22.8 Å². The summed E-state index contributed by atoms with van der Waals surface area (Å²) in [6.07, 6.45) is 3.61. The maximum Gasteiger partial charge on any atom is 0.273 e. The molecular weight excluding hydrogens is 362 g/mol. The Morgan fingerprint density at radius 3 is 2.79 bits per heavy atom. The number of hydrogen-bond acceptors (Lipinski definition) is 8. The zero-order valence-corrected chi connectivity index (χ0v) is 16.1. The van der Waals surface area contributed by atoms with Crippen molar-refractivity contribution in [2.24, 2.45) is 0 Å². The lowest BCUT2D eigenvalue weighted by Gasteiger charge is -2.36. The van der Waals surface area contributed by atoms with Crippen molar-refractivity contribution in [3.63, 3.8) is 0 Å². The second-order valence-corrected chi connectivity index (χ2v) is 7.04. The van der Waals surface area contributed by atoms with Crippen molar-refractivity contribution in [3.05, 3.63) is 30.0 Å². The molecule has 1 fully saturated rings. The average Bonchev–Trinajstić information content (AvgIpc) is 3.27. The molecule has 2 unspecified atom stereocenters. The van der Waals surface area contributed by atoms with Crippen LogP contribution in [0.5, 0.6) is 0 Å². The third-order valence-electron chi connectivity index (χ3n) is 4.60. The molecule has 0 saturated carbocycles. The minimum absolute atomic E-state index is 0.138. The van der Waals surface area contributed by atoms with E-state index >= 15 is 0 Å². The van der Waals surface area contributed by atoms with E-state index in [0.717, 1.165) is 29.9 Å². The minimum atomic E-state index is -0.278. The molecule has 1 N–H and O–H groups in total. The Labute approximate surface area is 161 Å². The van der Waals surface area contributed by atoms with Gasteiger partial charge in [0.1, 0.15) is 17.9 Å². The molecule has 0 radical (unpaired) electrons. The highest BCUT2D eigenvalue weighted by Crippen LogP contribution is 2.25. The summed E-state index contributed by atoms with van der Waals surface area (Å²) in [6, 6.07) is 1.60. The van der Waals surface area contributed by atoms with E-state index in [4.69, 9.17) is 9.26 Å². The number of rotatable bonds is 5. The van der Waals surface area contributed by atoms with Crippen LogP contribution >= 0.6 is 0 Å². The zero-order valence-electron chi connectivity index (χ0n) is 16.1. The Morgan fingerprint density at radius 1 is 1.29 bits per heavy atom. The van der Waals surface area contributed by atoms with Crippen molar-refractivity contribution in [1.82, 2.24) is 30.2 Å². The number of nitrogens with one attached hydrogen (secondary N) is 1. The molecule has 0 aliphatic carbocycles. The van der Waals surface area contributed by atoms with E-state index in [2.05, 4.69) is 44.3 Å². The monoisotopic (exact) mass is 385 g/mol. The van der Waals surface area contributed by atoms with Crippen LogP contribution in [0.25, 0.3) is 11.0 Å². The van der Waals surface area contributed by atoms with Crippen LogP contribution in [0.2, 0.25) is 0 Å². The van der Waals surface area contributed by atoms with Crippen LogP contribution in [0.15, 0.2) is 23.1 Å². The molecule has 4 heterocycles. The number of anilines is 1. The van der Waals surface area contributed by atoms with Crippen LogP contribution in [0.4, 0.5) is 5.82 Å². The quantitative estimate of drug-likeness (QED) is 0.697. The Kier molecular flexibility index (Phi) is 4.95. The molecule has 4 rings (SSSR count). The normalized spacial score (nSPS) is 19.9. The first-order valence-electron chi connectivity index (χ1n) is 9.29. The molecule has 1 aliphatic rings. The number of hydrogen-bond donors (Lipinski definition) is 1. The van der Waals surface area contributed by atoms with E-state index in [-0.39, 0.29) is 23.8 Å². The van der Waals surface area contributed by atoms with Crippen LogP contribution in [0.3, 0.4) is 0 Å². The molecule has 1 aliphatic heterocycles. The van der Waals surface area contributed by atoms with Gasteiger partial charge in [-0.15, -0.1) is 0 Å². The number of nitrogens with zero attached hydrogens (tertiary/aromatic N) is 6. The largest absolute Gasteiger partial charge is 0.372 e. The molecule has 10 heteroatoms. The summed E-state index contributed by atoms with van der Waals surface area (Å²) in [4.78, 5) is 23.1. The summed E-state index contributed by atoms with van der Waals surface area (Å²) in [5.41, 5.74) is 1.01. The summed E-state index contributed by atoms with van der Waals surface area (Å²) in [7, 11) is 0. The van der Waals surface area contributed by atoms with Gasteiger partial charge in [0, 0.05) is 25.7 Å². The molecule has 1 amide bonds. The molecule has 148 valence electrons. The lowest BCUT2D eigenvalue weighted by atomic mass is 10.2. The second-order valence-electron chi connectivity index (χ2n) is 7.04. The summed E-state index contributed by atoms with van der Waals surface area (Å²) in [6.45, 7) is 8.29. The van der Waals surface area contributed by atoms with Gasteiger partial charge in [0.15, 0.2) is 11.3 Å². The van der Waals surface area contributed by atoms with Crippen molar-refractivity contribution < 1.29 is 14.1 Å². The van der Waals surface area contributed by atoms with Crippen molar-refractivity contribution in [3.8, 4) is 0 Å². The maximum absolute atomic E-state index is 12.1. The first-order chi connectivity index (χ1) is 13.5. The van der Waals surface area contributed by atoms with Gasteiger partial charge in [0.05, 0.1) is 30.3 Å². The molecule has 10 nitrogen and oxygen atoms in total. The second kappa shape index (κ2) is 7.55. The number of aromatic nitrogens is 5. The first-order valence-corrected chi connectivity index (χ1v) is 9.29. The lowest BCUT2D eigenvalue weighted by Crippen LogP contribution is -2.45. The molecular formula is C18H23N7O3. The van der Waals surface area contributed by atoms with E-state index in [9.17, 15) is 4.79 Å². The highest BCUT2D eigenvalue weighted by Gasteiger charge is 2.25. The topological polar surface area (TPSA) is 111 Å². The van der Waals surface area contributed by atoms with Crippen molar-refractivity contribution in [2.75, 3.05) is 24.5 Å². The van der Waals surface area contributed by atoms with Gasteiger partial charge in [-0.05, 0) is 20.8 Å². The average molecular weight is 385 g/mol. The van der Waals surface area contributed by atoms with Gasteiger partial charge >= 0.3 is 0 Å². The number of morpholine rings is 1. The van der Waals surface area contributed by atoms with Crippen molar-refractivity contribution in [1.29, 1.82) is 0 Å². The third-order valence-corrected chi connectivity index (χ3v) is 4.60. The summed E-state index contributed by atoms with van der Waals surface area (Å²) >= 11 is 0. The number of carbonyl (C=O) groups excluding carboxylic acids is 1. The van der Waals surface area contributed by atoms with Crippen LogP contribution in [0.1, 0.15) is 30.1 Å². The van der Waals surface area contributed by atoms with Gasteiger partial charge in [-0.25, -0.2) is 14.6 Å². The fourth-order valence-electron chi connectivity index (χ4n) is 3.49. The van der Waals surface area contributed by atoms with Gasteiger partial charge in [0.2, 0.25) is 0 Å². The highest BCUT2D eigenvalue weighted by atomic mass is 16.5. The number of fused-ring (bicyclic) bond motifs is 1. The third kappa shape index (κ3) is 3.68. The molecule has 0 aromatic carbocycles. The lowest BCUT2D eigenvalue weighted by molar-refractivity contribution is -0.00537.